The Balaban J connectivity index is 1.33. The monoisotopic (exact) mass is 500 g/mol. The number of carbonyl (C=O) groups excluding carboxylic acids is 1. The summed E-state index contributed by atoms with van der Waals surface area (Å²) >= 11 is 0. The molecule has 2 saturated carbocycles. The van der Waals surface area contributed by atoms with Crippen molar-refractivity contribution in [3.05, 3.63) is 64.5 Å². The molecule has 0 heterocycles. The third-order valence-electron chi connectivity index (χ3n) is 8.55. The lowest BCUT2D eigenvalue weighted by Gasteiger charge is -2.30. The number of halogens is 3. The number of aryl methyl sites for hydroxylation is 1. The van der Waals surface area contributed by atoms with E-state index in [-0.39, 0.29) is 35.3 Å². The van der Waals surface area contributed by atoms with Crippen LogP contribution in [0.4, 0.5) is 13.2 Å². The summed E-state index contributed by atoms with van der Waals surface area (Å²) in [5.41, 5.74) is 1.58. The Kier molecular flexibility index (Phi) is 9.14. The van der Waals surface area contributed by atoms with Gasteiger partial charge in [-0.25, -0.2) is 13.2 Å². The highest BCUT2D eigenvalue weighted by Gasteiger charge is 2.32. The molecule has 0 aromatic heterocycles. The van der Waals surface area contributed by atoms with E-state index in [1.165, 1.54) is 6.07 Å². The number of esters is 1. The molecule has 2 fully saturated rings. The van der Waals surface area contributed by atoms with E-state index in [1.807, 2.05) is 0 Å². The van der Waals surface area contributed by atoms with Crippen molar-refractivity contribution in [1.82, 2.24) is 0 Å². The zero-order valence-electron chi connectivity index (χ0n) is 21.6. The number of hydrogen-bond acceptors (Lipinski definition) is 2. The molecule has 0 saturated heterocycles. The maximum Gasteiger partial charge on any atom is 0.314 e. The SMILES string of the molecule is CCCCc1ccc(OC(=O)C2CCC(c3ccc(C4CCC(CC)CC4)c(F)c3F)CC2)cc1F. The van der Waals surface area contributed by atoms with Gasteiger partial charge in [-0.15, -0.1) is 0 Å². The van der Waals surface area contributed by atoms with Crippen LogP contribution in [0.15, 0.2) is 30.3 Å². The van der Waals surface area contributed by atoms with Gasteiger partial charge in [0.25, 0.3) is 0 Å². The second-order valence-electron chi connectivity index (χ2n) is 10.8. The standard InChI is InChI=1S/C31H39F3O2/c1-3-5-6-23-15-16-25(19-28(23)32)36-31(35)24-13-11-22(12-14-24)27-18-17-26(29(33)30(27)34)21-9-7-20(4-2)8-10-21/h15-22,24H,3-14H2,1-2H3. The van der Waals surface area contributed by atoms with E-state index >= 15 is 8.78 Å². The molecule has 2 aliphatic rings. The van der Waals surface area contributed by atoms with Crippen molar-refractivity contribution in [3.63, 3.8) is 0 Å². The molecular formula is C31H39F3O2. The maximum absolute atomic E-state index is 15.1. The first-order chi connectivity index (χ1) is 17.4. The van der Waals surface area contributed by atoms with Crippen LogP contribution in [-0.4, -0.2) is 5.97 Å². The second-order valence-corrected chi connectivity index (χ2v) is 10.8. The topological polar surface area (TPSA) is 26.3 Å². The van der Waals surface area contributed by atoms with E-state index in [0.29, 0.717) is 54.7 Å². The van der Waals surface area contributed by atoms with Crippen LogP contribution >= 0.6 is 0 Å². The van der Waals surface area contributed by atoms with Crippen LogP contribution in [0.5, 0.6) is 5.75 Å². The van der Waals surface area contributed by atoms with E-state index in [9.17, 15) is 9.18 Å². The van der Waals surface area contributed by atoms with Crippen LogP contribution in [0.3, 0.4) is 0 Å². The van der Waals surface area contributed by atoms with E-state index in [0.717, 1.165) is 44.9 Å². The highest BCUT2D eigenvalue weighted by molar-refractivity contribution is 5.75. The molecule has 2 nitrogen and oxygen atoms in total. The predicted molar refractivity (Wildman–Crippen MR) is 137 cm³/mol. The first-order valence-electron chi connectivity index (χ1n) is 13.9. The minimum absolute atomic E-state index is 0.104. The van der Waals surface area contributed by atoms with Gasteiger partial charge in [-0.2, -0.15) is 0 Å². The summed E-state index contributed by atoms with van der Waals surface area (Å²) in [5.74, 6) is -1.51. The van der Waals surface area contributed by atoms with Crippen LogP contribution in [0.1, 0.15) is 113 Å². The van der Waals surface area contributed by atoms with Gasteiger partial charge >= 0.3 is 5.97 Å². The quantitative estimate of drug-likeness (QED) is 0.267. The predicted octanol–water partition coefficient (Wildman–Crippen LogP) is 9.01. The molecule has 0 N–H and O–H groups in total. The Morgan fingerprint density at radius 3 is 1.94 bits per heavy atom. The van der Waals surface area contributed by atoms with Gasteiger partial charge in [-0.1, -0.05) is 44.9 Å². The van der Waals surface area contributed by atoms with E-state index in [1.54, 1.807) is 24.3 Å². The van der Waals surface area contributed by atoms with Gasteiger partial charge in [-0.3, -0.25) is 4.79 Å². The van der Waals surface area contributed by atoms with Crippen LogP contribution in [-0.2, 0) is 11.2 Å². The van der Waals surface area contributed by atoms with Gasteiger partial charge in [0.1, 0.15) is 11.6 Å². The second kappa shape index (κ2) is 12.3. The normalized spacial score (nSPS) is 24.5. The highest BCUT2D eigenvalue weighted by atomic mass is 19.2. The minimum Gasteiger partial charge on any atom is -0.426 e. The number of benzene rings is 2. The Morgan fingerprint density at radius 2 is 1.42 bits per heavy atom. The summed E-state index contributed by atoms with van der Waals surface area (Å²) in [4.78, 5) is 12.7. The first kappa shape index (κ1) is 26.8. The smallest absolute Gasteiger partial charge is 0.314 e. The van der Waals surface area contributed by atoms with E-state index < -0.39 is 11.6 Å². The Hall–Kier alpha value is -2.30. The van der Waals surface area contributed by atoms with Gasteiger partial charge in [0.2, 0.25) is 0 Å². The molecule has 0 unspecified atom stereocenters. The maximum atomic E-state index is 15.1. The van der Waals surface area contributed by atoms with Crippen molar-refractivity contribution in [2.45, 2.75) is 103 Å². The molecule has 0 amide bonds. The van der Waals surface area contributed by atoms with Gasteiger partial charge in [-0.05, 0) is 105 Å². The zero-order chi connectivity index (χ0) is 25.7. The van der Waals surface area contributed by atoms with Crippen molar-refractivity contribution in [3.8, 4) is 5.75 Å². The summed E-state index contributed by atoms with van der Waals surface area (Å²) in [6, 6.07) is 8.17. The molecule has 0 bridgehead atoms. The molecule has 196 valence electrons. The van der Waals surface area contributed by atoms with Crippen molar-refractivity contribution in [2.24, 2.45) is 11.8 Å². The number of ether oxygens (including phenoxy) is 1. The Bertz CT molecular complexity index is 1030. The van der Waals surface area contributed by atoms with Gasteiger partial charge in [0.15, 0.2) is 11.6 Å². The van der Waals surface area contributed by atoms with Crippen molar-refractivity contribution >= 4 is 5.97 Å². The first-order valence-corrected chi connectivity index (χ1v) is 13.9. The largest absolute Gasteiger partial charge is 0.426 e. The van der Waals surface area contributed by atoms with Crippen molar-refractivity contribution in [2.75, 3.05) is 0 Å². The lowest BCUT2D eigenvalue weighted by Crippen LogP contribution is -2.25. The molecule has 5 heteroatoms. The molecular weight excluding hydrogens is 461 g/mol. The molecule has 0 radical (unpaired) electrons. The number of carbonyl (C=O) groups is 1. The summed E-state index contributed by atoms with van der Waals surface area (Å²) in [5, 5.41) is 0. The molecule has 2 aliphatic carbocycles. The lowest BCUT2D eigenvalue weighted by molar-refractivity contribution is -0.140. The molecule has 36 heavy (non-hydrogen) atoms. The third-order valence-corrected chi connectivity index (χ3v) is 8.55. The summed E-state index contributed by atoms with van der Waals surface area (Å²) in [6.45, 7) is 4.25. The minimum atomic E-state index is -0.713. The Labute approximate surface area is 213 Å². The number of rotatable bonds is 8. The Morgan fingerprint density at radius 1 is 0.833 bits per heavy atom. The average Bonchev–Trinajstić information content (AvgIpc) is 2.90. The van der Waals surface area contributed by atoms with Gasteiger partial charge in [0.05, 0.1) is 5.92 Å². The van der Waals surface area contributed by atoms with Crippen LogP contribution in [0, 0.1) is 29.3 Å². The fourth-order valence-electron chi connectivity index (χ4n) is 6.09. The van der Waals surface area contributed by atoms with Crippen molar-refractivity contribution < 1.29 is 22.7 Å². The molecule has 2 aromatic carbocycles. The molecule has 0 spiro atoms. The summed E-state index contributed by atoms with van der Waals surface area (Å²) in [7, 11) is 0. The van der Waals surface area contributed by atoms with Crippen molar-refractivity contribution in [1.29, 1.82) is 0 Å². The summed E-state index contributed by atoms with van der Waals surface area (Å²) < 4.78 is 50.0. The van der Waals surface area contributed by atoms with Crippen LogP contribution < -0.4 is 4.74 Å². The van der Waals surface area contributed by atoms with E-state index in [2.05, 4.69) is 13.8 Å². The fraction of sp³-hybridized carbons (Fsp3) is 0.581. The highest BCUT2D eigenvalue weighted by Crippen LogP contribution is 2.42. The van der Waals surface area contributed by atoms with E-state index in [4.69, 9.17) is 4.74 Å². The molecule has 2 aromatic rings. The van der Waals surface area contributed by atoms with Crippen LogP contribution in [0.25, 0.3) is 0 Å². The van der Waals surface area contributed by atoms with Crippen LogP contribution in [0.2, 0.25) is 0 Å². The average molecular weight is 501 g/mol. The molecule has 0 aliphatic heterocycles. The third kappa shape index (κ3) is 6.15. The number of hydrogen-bond donors (Lipinski definition) is 0. The van der Waals surface area contributed by atoms with Gasteiger partial charge in [0, 0.05) is 6.07 Å². The van der Waals surface area contributed by atoms with Gasteiger partial charge < -0.3 is 4.74 Å². The molecule has 0 atom stereocenters. The fourth-order valence-corrected chi connectivity index (χ4v) is 6.09. The number of unbranched alkanes of at least 4 members (excludes halogenated alkanes) is 1. The summed E-state index contributed by atoms with van der Waals surface area (Å²) in [6.07, 6.45) is 10.0. The lowest BCUT2D eigenvalue weighted by atomic mass is 9.76. The molecule has 4 rings (SSSR count). The zero-order valence-corrected chi connectivity index (χ0v) is 21.6.